The predicted molar refractivity (Wildman–Crippen MR) is 73.5 cm³/mol. The Morgan fingerprint density at radius 3 is 2.35 bits per heavy atom. The second-order valence-corrected chi connectivity index (χ2v) is 6.12. The van der Waals surface area contributed by atoms with Crippen molar-refractivity contribution >= 4 is 21.6 Å². The highest BCUT2D eigenvalue weighted by atomic mass is 79.9. The highest BCUT2D eigenvalue weighted by Gasteiger charge is 2.23. The van der Waals surface area contributed by atoms with Crippen molar-refractivity contribution in [3.05, 3.63) is 39.9 Å². The zero-order chi connectivity index (χ0) is 13.0. The number of hydrogen-bond donors (Lipinski definition) is 0. The van der Waals surface area contributed by atoms with E-state index in [0.29, 0.717) is 16.7 Å². The molecule has 94 valence electrons. The van der Waals surface area contributed by atoms with Crippen molar-refractivity contribution in [2.75, 3.05) is 0 Å². The molecule has 2 unspecified atom stereocenters. The first-order valence-corrected chi connectivity index (χ1v) is 6.71. The monoisotopic (exact) mass is 299 g/mol. The molecule has 0 heterocycles. The van der Waals surface area contributed by atoms with E-state index in [1.54, 1.807) is 12.1 Å². The summed E-state index contributed by atoms with van der Waals surface area (Å²) in [5.41, 5.74) is 1.05. The van der Waals surface area contributed by atoms with E-state index in [1.165, 1.54) is 0 Å². The van der Waals surface area contributed by atoms with E-state index in [2.05, 4.69) is 36.7 Å². The lowest BCUT2D eigenvalue weighted by Gasteiger charge is -2.23. The maximum absolute atomic E-state index is 10.9. The fourth-order valence-electron chi connectivity index (χ4n) is 2.04. The molecule has 2 atom stereocenters. The minimum absolute atomic E-state index is 0.228. The van der Waals surface area contributed by atoms with Crippen LogP contribution in [0.5, 0.6) is 0 Å². The number of para-hydroxylation sites is 1. The highest BCUT2D eigenvalue weighted by Crippen LogP contribution is 2.29. The van der Waals surface area contributed by atoms with Gasteiger partial charge in [-0.15, -0.1) is 0 Å². The first kappa shape index (κ1) is 14.2. The van der Waals surface area contributed by atoms with Crippen LogP contribution in [0.4, 0.5) is 5.69 Å². The molecule has 17 heavy (non-hydrogen) atoms. The summed E-state index contributed by atoms with van der Waals surface area (Å²) >= 11 is 3.59. The third-order valence-electron chi connectivity index (χ3n) is 3.09. The van der Waals surface area contributed by atoms with E-state index in [1.807, 2.05) is 12.1 Å². The Morgan fingerprint density at radius 1 is 1.29 bits per heavy atom. The van der Waals surface area contributed by atoms with Crippen LogP contribution in [0.3, 0.4) is 0 Å². The number of nitro groups is 1. The summed E-state index contributed by atoms with van der Waals surface area (Å²) < 4.78 is 0. The zero-order valence-corrected chi connectivity index (χ0v) is 12.0. The molecule has 0 bridgehead atoms. The Morgan fingerprint density at radius 2 is 1.88 bits per heavy atom. The van der Waals surface area contributed by atoms with Gasteiger partial charge in [0.05, 0.1) is 4.92 Å². The molecule has 0 aliphatic heterocycles. The molecule has 3 nitrogen and oxygen atoms in total. The van der Waals surface area contributed by atoms with Crippen molar-refractivity contribution in [1.82, 2.24) is 0 Å². The molecule has 0 radical (unpaired) electrons. The molecule has 4 heteroatoms. The molecule has 0 amide bonds. The number of benzene rings is 1. The number of hydrogen-bond acceptors (Lipinski definition) is 2. The third kappa shape index (κ3) is 3.80. The summed E-state index contributed by atoms with van der Waals surface area (Å²) in [4.78, 5) is 11.0. The lowest BCUT2D eigenvalue weighted by atomic mass is 9.86. The number of alkyl halides is 1. The molecule has 0 saturated carbocycles. The number of rotatable bonds is 5. The average Bonchev–Trinajstić information content (AvgIpc) is 2.25. The van der Waals surface area contributed by atoms with Crippen LogP contribution in [0.15, 0.2) is 24.3 Å². The van der Waals surface area contributed by atoms with Crippen molar-refractivity contribution in [3.8, 4) is 0 Å². The van der Waals surface area contributed by atoms with Crippen LogP contribution in [0.2, 0.25) is 0 Å². The minimum atomic E-state index is -0.300. The largest absolute Gasteiger partial charge is 0.272 e. The Kier molecular flexibility index (Phi) is 5.12. The standard InChI is InChI=1S/C13H18BrNO2/c1-9(2)12(10(3)14)8-11-6-4-5-7-13(11)15(16)17/h4-7,9-10,12H,8H2,1-3H3. The summed E-state index contributed by atoms with van der Waals surface area (Å²) in [6.07, 6.45) is 0.737. The topological polar surface area (TPSA) is 43.1 Å². The van der Waals surface area contributed by atoms with Gasteiger partial charge in [0.1, 0.15) is 0 Å². The van der Waals surface area contributed by atoms with Gasteiger partial charge in [0.15, 0.2) is 0 Å². The van der Waals surface area contributed by atoms with Crippen LogP contribution in [0.1, 0.15) is 26.3 Å². The van der Waals surface area contributed by atoms with Crippen LogP contribution >= 0.6 is 15.9 Å². The number of nitrogens with zero attached hydrogens (tertiary/aromatic N) is 1. The predicted octanol–water partition coefficient (Wildman–Crippen LogP) is 4.19. The van der Waals surface area contributed by atoms with E-state index in [9.17, 15) is 10.1 Å². The highest BCUT2D eigenvalue weighted by molar-refractivity contribution is 9.09. The van der Waals surface area contributed by atoms with Gasteiger partial charge in [0, 0.05) is 16.5 Å². The van der Waals surface area contributed by atoms with Gasteiger partial charge in [-0.05, 0) is 18.3 Å². The van der Waals surface area contributed by atoms with E-state index < -0.39 is 0 Å². The molecule has 0 aliphatic carbocycles. The van der Waals surface area contributed by atoms with Crippen LogP contribution in [-0.4, -0.2) is 9.75 Å². The summed E-state index contributed by atoms with van der Waals surface area (Å²) in [7, 11) is 0. The first-order valence-electron chi connectivity index (χ1n) is 5.79. The molecule has 0 N–H and O–H groups in total. The van der Waals surface area contributed by atoms with Crippen LogP contribution in [0.25, 0.3) is 0 Å². The van der Waals surface area contributed by atoms with Gasteiger partial charge in [-0.25, -0.2) is 0 Å². The summed E-state index contributed by atoms with van der Waals surface area (Å²) in [6, 6.07) is 7.00. The summed E-state index contributed by atoms with van der Waals surface area (Å²) in [6.45, 7) is 6.40. The lowest BCUT2D eigenvalue weighted by molar-refractivity contribution is -0.385. The summed E-state index contributed by atoms with van der Waals surface area (Å²) in [5.74, 6) is 0.889. The molecule has 1 rings (SSSR count). The molecular formula is C13H18BrNO2. The maximum Gasteiger partial charge on any atom is 0.272 e. The van der Waals surface area contributed by atoms with Gasteiger partial charge >= 0.3 is 0 Å². The molecule has 0 spiro atoms. The lowest BCUT2D eigenvalue weighted by Crippen LogP contribution is -2.20. The van der Waals surface area contributed by atoms with Gasteiger partial charge in [-0.2, -0.15) is 0 Å². The molecule has 0 aromatic heterocycles. The van der Waals surface area contributed by atoms with Crippen molar-refractivity contribution in [2.45, 2.75) is 32.0 Å². The Balaban J connectivity index is 2.97. The number of halogens is 1. The fourth-order valence-corrected chi connectivity index (χ4v) is 2.84. The van der Waals surface area contributed by atoms with Gasteiger partial charge < -0.3 is 0 Å². The molecule has 1 aromatic carbocycles. The van der Waals surface area contributed by atoms with Crippen molar-refractivity contribution in [3.63, 3.8) is 0 Å². The van der Waals surface area contributed by atoms with Crippen molar-refractivity contribution < 1.29 is 4.92 Å². The van der Waals surface area contributed by atoms with Crippen LogP contribution < -0.4 is 0 Å². The minimum Gasteiger partial charge on any atom is -0.258 e. The van der Waals surface area contributed by atoms with Gasteiger partial charge in [-0.1, -0.05) is 54.9 Å². The van der Waals surface area contributed by atoms with Gasteiger partial charge in [-0.3, -0.25) is 10.1 Å². The van der Waals surface area contributed by atoms with E-state index in [-0.39, 0.29) is 10.6 Å². The molecule has 0 saturated heterocycles. The Hall–Kier alpha value is -0.900. The van der Waals surface area contributed by atoms with E-state index >= 15 is 0 Å². The number of nitro benzene ring substituents is 1. The quantitative estimate of drug-likeness (QED) is 0.465. The molecule has 0 aliphatic rings. The second kappa shape index (κ2) is 6.15. The van der Waals surface area contributed by atoms with Crippen LogP contribution in [0, 0.1) is 22.0 Å². The van der Waals surface area contributed by atoms with E-state index in [0.717, 1.165) is 12.0 Å². The smallest absolute Gasteiger partial charge is 0.258 e. The summed E-state index contributed by atoms with van der Waals surface area (Å²) in [5, 5.41) is 10.9. The Bertz CT molecular complexity index is 383. The van der Waals surface area contributed by atoms with Crippen molar-refractivity contribution in [1.29, 1.82) is 0 Å². The van der Waals surface area contributed by atoms with Crippen LogP contribution in [-0.2, 0) is 6.42 Å². The van der Waals surface area contributed by atoms with E-state index in [4.69, 9.17) is 0 Å². The zero-order valence-electron chi connectivity index (χ0n) is 10.4. The Labute approximate surface area is 111 Å². The molecule has 0 fully saturated rings. The normalized spacial score (nSPS) is 14.6. The fraction of sp³-hybridized carbons (Fsp3) is 0.538. The van der Waals surface area contributed by atoms with Crippen molar-refractivity contribution in [2.24, 2.45) is 11.8 Å². The SMILES string of the molecule is CC(C)C(Cc1ccccc1[N+](=O)[O-])C(C)Br. The third-order valence-corrected chi connectivity index (χ3v) is 3.77. The first-order chi connectivity index (χ1) is 7.93. The molecular weight excluding hydrogens is 282 g/mol. The average molecular weight is 300 g/mol. The second-order valence-electron chi connectivity index (χ2n) is 4.68. The molecule has 1 aromatic rings. The van der Waals surface area contributed by atoms with Gasteiger partial charge in [0.25, 0.3) is 5.69 Å². The maximum atomic E-state index is 10.9. The van der Waals surface area contributed by atoms with Gasteiger partial charge in [0.2, 0.25) is 0 Å².